The van der Waals surface area contributed by atoms with Crippen molar-refractivity contribution >= 4 is 12.0 Å². The number of hydrogen-bond acceptors (Lipinski definition) is 2. The number of nitrogens with zero attached hydrogens (tertiary/aromatic N) is 1. The summed E-state index contributed by atoms with van der Waals surface area (Å²) >= 11 is 0. The van der Waals surface area contributed by atoms with Crippen LogP contribution in [-0.4, -0.2) is 41.6 Å². The van der Waals surface area contributed by atoms with E-state index in [0.717, 1.165) is 24.8 Å². The molecule has 0 spiro atoms. The maximum atomic E-state index is 12.2. The zero-order valence-electron chi connectivity index (χ0n) is 11.9. The number of urea groups is 1. The highest BCUT2D eigenvalue weighted by Gasteiger charge is 2.41. The quantitative estimate of drug-likeness (QED) is 0.808. The summed E-state index contributed by atoms with van der Waals surface area (Å²) in [6, 6.07) is -0.0674. The van der Waals surface area contributed by atoms with E-state index >= 15 is 0 Å². The van der Waals surface area contributed by atoms with E-state index in [2.05, 4.69) is 5.32 Å². The third-order valence-electron chi connectivity index (χ3n) is 5.00. The van der Waals surface area contributed by atoms with Gasteiger partial charge in [-0.15, -0.1) is 0 Å². The van der Waals surface area contributed by atoms with Crippen molar-refractivity contribution in [1.82, 2.24) is 10.2 Å². The minimum absolute atomic E-state index is 0.0674. The summed E-state index contributed by atoms with van der Waals surface area (Å²) in [6.45, 7) is 1.83. The Morgan fingerprint density at radius 2 is 1.80 bits per heavy atom. The molecule has 5 nitrogen and oxygen atoms in total. The zero-order chi connectivity index (χ0) is 14.1. The average molecular weight is 280 g/mol. The number of nitrogens with one attached hydrogen (secondary N) is 1. The number of aliphatic carboxylic acids is 1. The Morgan fingerprint density at radius 3 is 2.35 bits per heavy atom. The normalized spacial score (nSPS) is 26.6. The first kappa shape index (κ1) is 13.7. The lowest BCUT2D eigenvalue weighted by molar-refractivity contribution is -0.143. The fourth-order valence-electron chi connectivity index (χ4n) is 3.45. The van der Waals surface area contributed by atoms with Gasteiger partial charge >= 0.3 is 12.0 Å². The molecule has 5 heteroatoms. The molecular weight excluding hydrogens is 256 g/mol. The van der Waals surface area contributed by atoms with Gasteiger partial charge in [0.05, 0.1) is 5.92 Å². The Kier molecular flexibility index (Phi) is 3.85. The van der Waals surface area contributed by atoms with E-state index in [1.807, 2.05) is 0 Å². The van der Waals surface area contributed by atoms with Crippen LogP contribution in [0.5, 0.6) is 0 Å². The zero-order valence-corrected chi connectivity index (χ0v) is 11.9. The summed E-state index contributed by atoms with van der Waals surface area (Å²) in [4.78, 5) is 24.9. The van der Waals surface area contributed by atoms with Gasteiger partial charge in [-0.25, -0.2) is 4.79 Å². The molecule has 20 heavy (non-hydrogen) atoms. The van der Waals surface area contributed by atoms with Crippen LogP contribution in [0.3, 0.4) is 0 Å². The lowest BCUT2D eigenvalue weighted by Crippen LogP contribution is -2.48. The van der Waals surface area contributed by atoms with Crippen LogP contribution in [0.25, 0.3) is 0 Å². The van der Waals surface area contributed by atoms with E-state index < -0.39 is 11.9 Å². The van der Waals surface area contributed by atoms with E-state index in [0.29, 0.717) is 25.4 Å². The Hall–Kier alpha value is -1.26. The summed E-state index contributed by atoms with van der Waals surface area (Å²) in [7, 11) is 0. The molecule has 112 valence electrons. The molecule has 2 amide bonds. The first-order valence-electron chi connectivity index (χ1n) is 7.90. The van der Waals surface area contributed by atoms with E-state index in [1.54, 1.807) is 4.90 Å². The van der Waals surface area contributed by atoms with Crippen molar-refractivity contribution in [2.75, 3.05) is 19.6 Å². The molecule has 3 fully saturated rings. The Morgan fingerprint density at radius 1 is 1.15 bits per heavy atom. The molecule has 3 rings (SSSR count). The molecule has 1 aliphatic heterocycles. The third-order valence-corrected chi connectivity index (χ3v) is 5.00. The molecular formula is C15H24N2O3. The largest absolute Gasteiger partial charge is 0.481 e. The number of carbonyl (C=O) groups is 2. The highest BCUT2D eigenvalue weighted by molar-refractivity contribution is 5.76. The monoisotopic (exact) mass is 280 g/mol. The van der Waals surface area contributed by atoms with Gasteiger partial charge in [-0.2, -0.15) is 0 Å². The van der Waals surface area contributed by atoms with Crippen LogP contribution < -0.4 is 5.32 Å². The van der Waals surface area contributed by atoms with Crippen LogP contribution >= 0.6 is 0 Å². The molecule has 1 saturated heterocycles. The summed E-state index contributed by atoms with van der Waals surface area (Å²) in [5.74, 6) is 1.15. The first-order valence-corrected chi connectivity index (χ1v) is 7.90. The second-order valence-corrected chi connectivity index (χ2v) is 6.65. The van der Waals surface area contributed by atoms with Crippen molar-refractivity contribution in [3.05, 3.63) is 0 Å². The predicted octanol–water partition coefficient (Wildman–Crippen LogP) is 1.93. The van der Waals surface area contributed by atoms with Gasteiger partial charge < -0.3 is 15.3 Å². The van der Waals surface area contributed by atoms with Crippen molar-refractivity contribution in [3.8, 4) is 0 Å². The van der Waals surface area contributed by atoms with Crippen molar-refractivity contribution in [2.24, 2.45) is 23.7 Å². The van der Waals surface area contributed by atoms with Gasteiger partial charge in [-0.3, -0.25) is 4.79 Å². The first-order chi connectivity index (χ1) is 9.65. The molecule has 2 N–H and O–H groups in total. The van der Waals surface area contributed by atoms with Crippen molar-refractivity contribution in [3.63, 3.8) is 0 Å². The number of likely N-dealkylation sites (tertiary alicyclic amines) is 1. The minimum atomic E-state index is -0.781. The lowest BCUT2D eigenvalue weighted by atomic mass is 9.97. The van der Waals surface area contributed by atoms with Crippen molar-refractivity contribution in [1.29, 1.82) is 0 Å². The van der Waals surface area contributed by atoms with Crippen LogP contribution in [0.15, 0.2) is 0 Å². The molecule has 1 heterocycles. The highest BCUT2D eigenvalue weighted by atomic mass is 16.4. The smallest absolute Gasteiger partial charge is 0.317 e. The standard InChI is InChI=1S/C15H24N2O3/c18-14(19)12-2-1-7-17(9-12)15(20)16-8-13(10-3-4-10)11-5-6-11/h10-13H,1-9H2,(H,16,20)(H,18,19). The van der Waals surface area contributed by atoms with Gasteiger partial charge in [0.2, 0.25) is 0 Å². The number of carboxylic acid groups (broad SMARTS) is 1. The van der Waals surface area contributed by atoms with Gasteiger partial charge in [-0.1, -0.05) is 0 Å². The number of rotatable bonds is 5. The van der Waals surface area contributed by atoms with Crippen molar-refractivity contribution < 1.29 is 14.7 Å². The van der Waals surface area contributed by atoms with Gasteiger partial charge in [0.1, 0.15) is 0 Å². The second kappa shape index (κ2) is 5.62. The SMILES string of the molecule is O=C(O)C1CCCN(C(=O)NCC(C2CC2)C2CC2)C1. The molecule has 1 unspecified atom stereocenters. The second-order valence-electron chi connectivity index (χ2n) is 6.65. The minimum Gasteiger partial charge on any atom is -0.481 e. The van der Waals surface area contributed by atoms with E-state index in [-0.39, 0.29) is 6.03 Å². The molecule has 0 bridgehead atoms. The van der Waals surface area contributed by atoms with E-state index in [1.165, 1.54) is 25.7 Å². The van der Waals surface area contributed by atoms with Crippen LogP contribution in [0, 0.1) is 23.7 Å². The van der Waals surface area contributed by atoms with Gasteiger partial charge in [0.15, 0.2) is 0 Å². The summed E-state index contributed by atoms with van der Waals surface area (Å²) in [6.07, 6.45) is 6.76. The highest BCUT2D eigenvalue weighted by Crippen LogP contribution is 2.48. The fourth-order valence-corrected chi connectivity index (χ4v) is 3.45. The third kappa shape index (κ3) is 3.25. The number of carbonyl (C=O) groups excluding carboxylic acids is 1. The summed E-state index contributed by atoms with van der Waals surface area (Å²) < 4.78 is 0. The Bertz CT molecular complexity index is 379. The predicted molar refractivity (Wildman–Crippen MR) is 74.3 cm³/mol. The Labute approximate surface area is 119 Å². The molecule has 1 atom stereocenters. The number of amides is 2. The van der Waals surface area contributed by atoms with Crippen LogP contribution in [0.1, 0.15) is 38.5 Å². The fraction of sp³-hybridized carbons (Fsp3) is 0.867. The number of carboxylic acids is 1. The molecule has 2 saturated carbocycles. The van der Waals surface area contributed by atoms with Gasteiger partial charge in [0.25, 0.3) is 0 Å². The molecule has 2 aliphatic carbocycles. The number of hydrogen-bond donors (Lipinski definition) is 2. The molecule has 0 radical (unpaired) electrons. The molecule has 0 aromatic carbocycles. The van der Waals surface area contributed by atoms with E-state index in [4.69, 9.17) is 5.11 Å². The van der Waals surface area contributed by atoms with Crippen molar-refractivity contribution in [2.45, 2.75) is 38.5 Å². The maximum Gasteiger partial charge on any atom is 0.317 e. The molecule has 0 aromatic rings. The van der Waals surface area contributed by atoms with Crippen LogP contribution in [0.2, 0.25) is 0 Å². The number of piperidine rings is 1. The van der Waals surface area contributed by atoms with Gasteiger partial charge in [-0.05, 0) is 56.3 Å². The average Bonchev–Trinajstić information content (AvgIpc) is 3.32. The molecule has 0 aromatic heterocycles. The maximum absolute atomic E-state index is 12.2. The van der Waals surface area contributed by atoms with Crippen LogP contribution in [0.4, 0.5) is 4.79 Å². The summed E-state index contributed by atoms with van der Waals surface area (Å²) in [5.41, 5.74) is 0. The van der Waals surface area contributed by atoms with Gasteiger partial charge in [0, 0.05) is 19.6 Å². The topological polar surface area (TPSA) is 69.6 Å². The Balaban J connectivity index is 1.47. The van der Waals surface area contributed by atoms with Crippen LogP contribution in [-0.2, 0) is 4.79 Å². The molecule has 3 aliphatic rings. The summed E-state index contributed by atoms with van der Waals surface area (Å²) in [5, 5.41) is 12.1. The lowest BCUT2D eigenvalue weighted by Gasteiger charge is -2.31. The van der Waals surface area contributed by atoms with E-state index in [9.17, 15) is 9.59 Å².